The third-order valence-corrected chi connectivity index (χ3v) is 10.2. The number of aromatic nitrogens is 2. The number of hydrogen-bond acceptors (Lipinski definition) is 4. The highest BCUT2D eigenvalue weighted by Crippen LogP contribution is 2.57. The largest absolute Gasteiger partial charge is 0.294 e. The van der Waals surface area contributed by atoms with Crippen LogP contribution in [0.4, 0.5) is 17.1 Å². The molecular formula is C44H32N4O. The van der Waals surface area contributed by atoms with Crippen molar-refractivity contribution in [3.63, 3.8) is 0 Å². The van der Waals surface area contributed by atoms with E-state index in [1.165, 1.54) is 22.3 Å². The van der Waals surface area contributed by atoms with Crippen molar-refractivity contribution >= 4 is 38.9 Å². The van der Waals surface area contributed by atoms with E-state index in [1.54, 1.807) is 23.4 Å². The molecule has 0 spiro atoms. The lowest BCUT2D eigenvalue weighted by atomic mass is 9.67. The highest BCUT2D eigenvalue weighted by Gasteiger charge is 2.46. The Bertz CT molecular complexity index is 2670. The van der Waals surface area contributed by atoms with Crippen LogP contribution < -0.4 is 10.1 Å². The third-order valence-electron chi connectivity index (χ3n) is 10.2. The van der Waals surface area contributed by atoms with Crippen LogP contribution in [0.1, 0.15) is 31.9 Å². The normalized spacial score (nSPS) is 15.5. The number of para-hydroxylation sites is 3. The number of aryl methyl sites for hydroxylation is 1. The van der Waals surface area contributed by atoms with Gasteiger partial charge in [-0.3, -0.25) is 4.57 Å². The van der Waals surface area contributed by atoms with E-state index in [4.69, 9.17) is 14.0 Å². The van der Waals surface area contributed by atoms with Gasteiger partial charge in [-0.2, -0.15) is 5.06 Å². The van der Waals surface area contributed by atoms with E-state index in [0.717, 1.165) is 50.0 Å². The Balaban J connectivity index is 1.27. The molecule has 0 N–H and O–H groups in total. The van der Waals surface area contributed by atoms with E-state index in [-0.39, 0.29) is 5.56 Å². The van der Waals surface area contributed by atoms with Crippen molar-refractivity contribution in [1.29, 1.82) is 0 Å². The maximum absolute atomic E-state index is 8.14. The fourth-order valence-corrected chi connectivity index (χ4v) is 8.18. The molecule has 234 valence electrons. The number of rotatable bonds is 4. The summed E-state index contributed by atoms with van der Waals surface area (Å²) in [5.41, 5.74) is 11.3. The molecule has 8 aromatic rings. The molecular weight excluding hydrogens is 601 g/mol. The van der Waals surface area contributed by atoms with Gasteiger partial charge in [0.1, 0.15) is 5.82 Å². The number of hydrogen-bond donors (Lipinski definition) is 0. The molecule has 0 unspecified atom stereocenters. The van der Waals surface area contributed by atoms with E-state index in [2.05, 4.69) is 120 Å². The summed E-state index contributed by atoms with van der Waals surface area (Å²) in [5.74, 6) is 0.564. The summed E-state index contributed by atoms with van der Waals surface area (Å²) in [6, 6.07) is 52.5. The first-order valence-electron chi connectivity index (χ1n) is 18.0. The van der Waals surface area contributed by atoms with Crippen molar-refractivity contribution in [1.82, 2.24) is 9.55 Å². The predicted molar refractivity (Wildman–Crippen MR) is 199 cm³/mol. The summed E-state index contributed by atoms with van der Waals surface area (Å²) in [6.45, 7) is -2.26. The van der Waals surface area contributed by atoms with Crippen molar-refractivity contribution in [3.05, 3.63) is 186 Å². The first-order valence-corrected chi connectivity index (χ1v) is 16.5. The van der Waals surface area contributed by atoms with Crippen molar-refractivity contribution in [2.24, 2.45) is 0 Å². The maximum Gasteiger partial charge on any atom is 0.137 e. The van der Waals surface area contributed by atoms with Gasteiger partial charge in [-0.05, 0) is 94.3 Å². The molecule has 0 saturated heterocycles. The van der Waals surface area contributed by atoms with Crippen LogP contribution in [0.25, 0.3) is 38.8 Å². The van der Waals surface area contributed by atoms with Crippen molar-refractivity contribution in [3.8, 4) is 16.9 Å². The van der Waals surface area contributed by atoms with Gasteiger partial charge in [-0.25, -0.2) is 10.0 Å². The minimum absolute atomic E-state index is 0.253. The van der Waals surface area contributed by atoms with E-state index >= 15 is 0 Å². The van der Waals surface area contributed by atoms with Crippen LogP contribution in [-0.4, -0.2) is 16.6 Å². The molecule has 0 fully saturated rings. The summed E-state index contributed by atoms with van der Waals surface area (Å²) in [5, 5.41) is 5.82. The molecule has 6 aromatic carbocycles. The molecule has 1 aliphatic heterocycles. The molecule has 49 heavy (non-hydrogen) atoms. The summed E-state index contributed by atoms with van der Waals surface area (Å²) in [4.78, 5) is 11.1. The lowest BCUT2D eigenvalue weighted by molar-refractivity contribution is 0.142. The molecule has 5 nitrogen and oxygen atoms in total. The molecule has 2 aromatic heterocycles. The highest BCUT2D eigenvalue weighted by molar-refractivity contribution is 6.09. The Morgan fingerprint density at radius 3 is 2.12 bits per heavy atom. The van der Waals surface area contributed by atoms with Gasteiger partial charge >= 0.3 is 0 Å². The highest BCUT2D eigenvalue weighted by atomic mass is 16.8. The van der Waals surface area contributed by atoms with Gasteiger partial charge in [0.05, 0.1) is 33.5 Å². The summed E-state index contributed by atoms with van der Waals surface area (Å²) in [7, 11) is 1.92. The first kappa shape index (κ1) is 24.9. The van der Waals surface area contributed by atoms with Gasteiger partial charge in [0.2, 0.25) is 0 Å². The topological polar surface area (TPSA) is 33.5 Å². The number of nitrogens with zero attached hydrogens (tertiary/aromatic N) is 4. The number of fused-ring (bicyclic) bond motifs is 7. The Labute approximate surface area is 289 Å². The van der Waals surface area contributed by atoms with Crippen LogP contribution in [0.3, 0.4) is 0 Å². The van der Waals surface area contributed by atoms with Gasteiger partial charge in [-0.15, -0.1) is 4.94 Å². The fraction of sp³-hybridized carbons (Fsp3) is 0.0682. The average Bonchev–Trinajstić information content (AvgIpc) is 3.80. The maximum atomic E-state index is 8.14. The quantitative estimate of drug-likeness (QED) is 0.193. The standard InChI is InChI=1S/C44H32N4O/c1-29-24-25-45-43(26-29)47-39-19-8-5-16-35(39)36-23-22-31(28-42(36)47)44(37-17-6-3-14-33(37)34-15-4-7-18-38(34)44)30-12-11-13-32(27-30)48-41-21-10-9-20-40(41)46(2)49-48/h3-28H,1-2H3/i1D3. The molecule has 10 rings (SSSR count). The van der Waals surface area contributed by atoms with Crippen LogP contribution >= 0.6 is 0 Å². The zero-order valence-electron chi connectivity index (χ0n) is 29.7. The van der Waals surface area contributed by atoms with Crippen LogP contribution in [-0.2, 0) is 10.4 Å². The number of anilines is 3. The average molecular weight is 636 g/mol. The molecule has 2 aliphatic rings. The van der Waals surface area contributed by atoms with Crippen LogP contribution in [0.15, 0.2) is 158 Å². The minimum Gasteiger partial charge on any atom is -0.294 e. The molecule has 1 aliphatic carbocycles. The van der Waals surface area contributed by atoms with Gasteiger partial charge in [0.15, 0.2) is 0 Å². The monoisotopic (exact) mass is 635 g/mol. The number of pyridine rings is 1. The summed E-state index contributed by atoms with van der Waals surface area (Å²) in [6.07, 6.45) is 1.59. The van der Waals surface area contributed by atoms with Crippen LogP contribution in [0.2, 0.25) is 0 Å². The zero-order valence-corrected chi connectivity index (χ0v) is 26.7. The number of hydroxylamine groups is 1. The van der Waals surface area contributed by atoms with Crippen molar-refractivity contribution in [2.75, 3.05) is 17.2 Å². The molecule has 5 heteroatoms. The van der Waals surface area contributed by atoms with Gasteiger partial charge in [-0.1, -0.05) is 103 Å². The fourth-order valence-electron chi connectivity index (χ4n) is 8.18. The van der Waals surface area contributed by atoms with Gasteiger partial charge < -0.3 is 0 Å². The molecule has 0 radical (unpaired) electrons. The lowest BCUT2D eigenvalue weighted by Crippen LogP contribution is -2.29. The van der Waals surface area contributed by atoms with E-state index in [9.17, 15) is 0 Å². The summed E-state index contributed by atoms with van der Waals surface area (Å²) >= 11 is 0. The molecule has 3 heterocycles. The minimum atomic E-state index is -2.26. The molecule has 0 saturated carbocycles. The Hall–Kier alpha value is -6.17. The van der Waals surface area contributed by atoms with Crippen LogP contribution in [0.5, 0.6) is 0 Å². The van der Waals surface area contributed by atoms with E-state index in [1.807, 2.05) is 36.4 Å². The van der Waals surface area contributed by atoms with Crippen molar-refractivity contribution < 1.29 is 9.05 Å². The zero-order chi connectivity index (χ0) is 35.2. The van der Waals surface area contributed by atoms with Gasteiger partial charge in [0.25, 0.3) is 0 Å². The van der Waals surface area contributed by atoms with Gasteiger partial charge in [0, 0.05) is 28.1 Å². The predicted octanol–water partition coefficient (Wildman–Crippen LogP) is 10.3. The Morgan fingerprint density at radius 2 is 1.31 bits per heavy atom. The second-order valence-electron chi connectivity index (χ2n) is 12.7. The lowest BCUT2D eigenvalue weighted by Gasteiger charge is -2.34. The SMILES string of the molecule is [2H]C([2H])([2H])c1ccnc(-n2c3ccccc3c3ccc(C4(c5cccc(N6ON(C)c7ccccc76)c5)c5ccccc5-c5ccccc54)cc32)c1. The Kier molecular flexibility index (Phi) is 5.30. The molecule has 0 atom stereocenters. The van der Waals surface area contributed by atoms with Crippen molar-refractivity contribution in [2.45, 2.75) is 12.3 Å². The first-order chi connectivity index (χ1) is 25.3. The second kappa shape index (κ2) is 10.4. The van der Waals surface area contributed by atoms with E-state index < -0.39 is 12.3 Å². The smallest absolute Gasteiger partial charge is 0.137 e. The van der Waals surface area contributed by atoms with Crippen LogP contribution in [0, 0.1) is 6.85 Å². The Morgan fingerprint density at radius 1 is 0.612 bits per heavy atom. The number of benzene rings is 6. The summed E-state index contributed by atoms with van der Waals surface area (Å²) < 4.78 is 26.5. The molecule has 0 bridgehead atoms. The third kappa shape index (κ3) is 3.88. The van der Waals surface area contributed by atoms with E-state index in [0.29, 0.717) is 5.82 Å². The second-order valence-corrected chi connectivity index (χ2v) is 12.7. The molecule has 0 amide bonds.